The van der Waals surface area contributed by atoms with Gasteiger partial charge in [0.1, 0.15) is 6.61 Å². The highest BCUT2D eigenvalue weighted by molar-refractivity contribution is 7.10. The van der Waals surface area contributed by atoms with Crippen LogP contribution in [0.4, 0.5) is 31.1 Å². The zero-order chi connectivity index (χ0) is 24.2. The second kappa shape index (κ2) is 10.0. The Kier molecular flexibility index (Phi) is 7.55. The molecule has 0 aliphatic heterocycles. The maximum atomic E-state index is 13.4. The lowest BCUT2D eigenvalue weighted by atomic mass is 9.83. The van der Waals surface area contributed by atoms with Crippen LogP contribution in [0.25, 0.3) is 0 Å². The van der Waals surface area contributed by atoms with Gasteiger partial charge in [0.15, 0.2) is 0 Å². The summed E-state index contributed by atoms with van der Waals surface area (Å²) < 4.78 is 84.5. The van der Waals surface area contributed by atoms with Crippen molar-refractivity contribution in [1.82, 2.24) is 10.6 Å². The van der Waals surface area contributed by atoms with Gasteiger partial charge in [-0.1, -0.05) is 12.1 Å². The van der Waals surface area contributed by atoms with Crippen LogP contribution in [0.15, 0.2) is 29.6 Å². The smallest absolute Gasteiger partial charge is 0.417 e. The molecule has 1 atom stereocenters. The predicted octanol–water partition coefficient (Wildman–Crippen LogP) is 4.73. The van der Waals surface area contributed by atoms with Crippen LogP contribution in [0.1, 0.15) is 33.6 Å². The van der Waals surface area contributed by atoms with Crippen molar-refractivity contribution in [3.05, 3.63) is 56.8 Å². The van der Waals surface area contributed by atoms with Crippen molar-refractivity contribution in [2.24, 2.45) is 0 Å². The zero-order valence-corrected chi connectivity index (χ0v) is 17.9. The van der Waals surface area contributed by atoms with E-state index >= 15 is 0 Å². The fourth-order valence-electron chi connectivity index (χ4n) is 3.71. The fraction of sp³-hybridized carbons (Fsp3) is 0.429. The van der Waals surface area contributed by atoms with Gasteiger partial charge in [0.2, 0.25) is 0 Å². The number of esters is 1. The summed E-state index contributed by atoms with van der Waals surface area (Å²) in [6.07, 6.45) is -10.4. The number of fused-ring (bicyclic) bond motifs is 1. The first kappa shape index (κ1) is 24.9. The normalized spacial score (nSPS) is 16.1. The highest BCUT2D eigenvalue weighted by Gasteiger charge is 2.45. The van der Waals surface area contributed by atoms with E-state index < -0.39 is 41.5 Å². The van der Waals surface area contributed by atoms with Crippen LogP contribution in [0.3, 0.4) is 0 Å². The van der Waals surface area contributed by atoms with Gasteiger partial charge in [-0.25, -0.2) is 4.79 Å². The van der Waals surface area contributed by atoms with Crippen LogP contribution in [0.5, 0.6) is 0 Å². The summed E-state index contributed by atoms with van der Waals surface area (Å²) in [5, 5.41) is 6.91. The molecule has 0 bridgehead atoms. The third-order valence-corrected chi connectivity index (χ3v) is 5.97. The quantitative estimate of drug-likeness (QED) is 0.347. The molecule has 3 rings (SSSR count). The summed E-state index contributed by atoms with van der Waals surface area (Å²) in [5.41, 5.74) is -3.62. The van der Waals surface area contributed by atoms with Gasteiger partial charge >= 0.3 is 24.4 Å². The van der Waals surface area contributed by atoms with Crippen LogP contribution in [-0.4, -0.2) is 31.2 Å². The third kappa shape index (κ3) is 6.62. The third-order valence-electron chi connectivity index (χ3n) is 5.09. The standard InChI is InChI=1S/C21H20F6N2O3S/c22-20(23,24)16-6-3-12-10-13(4-5-15(12)18(16)21(25,26)27)29-19(31)28-7-8-32-17(30)11-14-2-1-9-33-14/h1-3,6,9,13H,4-5,7-8,10-11H2,(H2,28,29,31). The van der Waals surface area contributed by atoms with Crippen LogP contribution < -0.4 is 10.6 Å². The van der Waals surface area contributed by atoms with Crippen molar-refractivity contribution in [1.29, 1.82) is 0 Å². The number of urea groups is 1. The first-order chi connectivity index (χ1) is 15.4. The summed E-state index contributed by atoms with van der Waals surface area (Å²) in [6, 6.07) is 3.92. The second-order valence-electron chi connectivity index (χ2n) is 7.44. The molecule has 1 unspecified atom stereocenters. The molecule has 2 amide bonds. The van der Waals surface area contributed by atoms with Crippen LogP contribution in [0.2, 0.25) is 0 Å². The molecule has 0 saturated carbocycles. The lowest BCUT2D eigenvalue weighted by molar-refractivity contribution is -0.162. The minimum absolute atomic E-state index is 0.0263. The number of carbonyl (C=O) groups is 2. The molecule has 2 aromatic rings. The molecular weight excluding hydrogens is 474 g/mol. The number of benzene rings is 1. The molecule has 1 aliphatic rings. The monoisotopic (exact) mass is 494 g/mol. The van der Waals surface area contributed by atoms with Gasteiger partial charge in [-0.3, -0.25) is 4.79 Å². The fourth-order valence-corrected chi connectivity index (χ4v) is 4.40. The number of amides is 2. The van der Waals surface area contributed by atoms with E-state index in [4.69, 9.17) is 4.74 Å². The molecule has 1 aliphatic carbocycles. The van der Waals surface area contributed by atoms with Crippen molar-refractivity contribution in [2.45, 2.75) is 44.1 Å². The number of carbonyl (C=O) groups excluding carboxylic acids is 2. The number of rotatable bonds is 6. The molecule has 0 spiro atoms. The Bertz CT molecular complexity index is 989. The summed E-state index contributed by atoms with van der Waals surface area (Å²) in [7, 11) is 0. The molecular formula is C21H20F6N2O3S. The molecule has 5 nitrogen and oxygen atoms in total. The Balaban J connectivity index is 1.51. The van der Waals surface area contributed by atoms with Crippen LogP contribution in [0, 0.1) is 0 Å². The van der Waals surface area contributed by atoms with Crippen LogP contribution in [-0.2, 0) is 41.1 Å². The number of ether oxygens (including phenoxy) is 1. The Morgan fingerprint density at radius 1 is 1.09 bits per heavy atom. The van der Waals surface area contributed by atoms with E-state index in [1.165, 1.54) is 11.3 Å². The summed E-state index contributed by atoms with van der Waals surface area (Å²) in [4.78, 5) is 24.6. The van der Waals surface area contributed by atoms with Gasteiger partial charge in [-0.15, -0.1) is 11.3 Å². The maximum Gasteiger partial charge on any atom is 0.417 e. The number of thiophene rings is 1. The maximum absolute atomic E-state index is 13.4. The molecule has 180 valence electrons. The van der Waals surface area contributed by atoms with Gasteiger partial charge in [-0.2, -0.15) is 26.3 Å². The van der Waals surface area contributed by atoms with Crippen molar-refractivity contribution in [3.63, 3.8) is 0 Å². The molecule has 1 aromatic heterocycles. The molecule has 0 saturated heterocycles. The van der Waals surface area contributed by atoms with E-state index in [2.05, 4.69) is 10.6 Å². The number of hydrogen-bond donors (Lipinski definition) is 2. The summed E-state index contributed by atoms with van der Waals surface area (Å²) >= 11 is 1.42. The summed E-state index contributed by atoms with van der Waals surface area (Å²) in [6.45, 7) is -0.0290. The lowest BCUT2D eigenvalue weighted by Gasteiger charge is -2.29. The van der Waals surface area contributed by atoms with Gasteiger partial charge in [0, 0.05) is 10.9 Å². The highest BCUT2D eigenvalue weighted by Crippen LogP contribution is 2.44. The minimum Gasteiger partial charge on any atom is -0.464 e. The lowest BCUT2D eigenvalue weighted by Crippen LogP contribution is -2.45. The van der Waals surface area contributed by atoms with E-state index in [1.807, 2.05) is 11.4 Å². The number of alkyl halides is 6. The van der Waals surface area contributed by atoms with Gasteiger partial charge in [-0.05, 0) is 47.9 Å². The largest absolute Gasteiger partial charge is 0.464 e. The van der Waals surface area contributed by atoms with E-state index in [-0.39, 0.29) is 50.0 Å². The first-order valence-corrected chi connectivity index (χ1v) is 10.8. The van der Waals surface area contributed by atoms with Crippen molar-refractivity contribution in [3.8, 4) is 0 Å². The molecule has 0 fully saturated rings. The Labute approximate surface area is 189 Å². The molecule has 33 heavy (non-hydrogen) atoms. The van der Waals surface area contributed by atoms with E-state index in [1.54, 1.807) is 6.07 Å². The van der Waals surface area contributed by atoms with Crippen molar-refractivity contribution in [2.75, 3.05) is 13.2 Å². The molecule has 1 heterocycles. The van der Waals surface area contributed by atoms with E-state index in [0.717, 1.165) is 10.9 Å². The van der Waals surface area contributed by atoms with Crippen LogP contribution >= 0.6 is 11.3 Å². The zero-order valence-electron chi connectivity index (χ0n) is 17.1. The number of halogens is 6. The minimum atomic E-state index is -5.14. The van der Waals surface area contributed by atoms with Crippen molar-refractivity contribution >= 4 is 23.3 Å². The molecule has 1 aromatic carbocycles. The average Bonchev–Trinajstić information content (AvgIpc) is 3.21. The number of nitrogens with one attached hydrogen (secondary N) is 2. The number of hydrogen-bond acceptors (Lipinski definition) is 4. The van der Waals surface area contributed by atoms with Gasteiger partial charge < -0.3 is 15.4 Å². The predicted molar refractivity (Wildman–Crippen MR) is 108 cm³/mol. The van der Waals surface area contributed by atoms with Crippen molar-refractivity contribution < 1.29 is 40.7 Å². The average molecular weight is 494 g/mol. The summed E-state index contributed by atoms with van der Waals surface area (Å²) in [5.74, 6) is -0.442. The topological polar surface area (TPSA) is 67.4 Å². The highest BCUT2D eigenvalue weighted by atomic mass is 32.1. The molecule has 12 heteroatoms. The Morgan fingerprint density at radius 3 is 2.48 bits per heavy atom. The Morgan fingerprint density at radius 2 is 1.85 bits per heavy atom. The second-order valence-corrected chi connectivity index (χ2v) is 8.47. The molecule has 2 N–H and O–H groups in total. The molecule has 0 radical (unpaired) electrons. The van der Waals surface area contributed by atoms with E-state index in [0.29, 0.717) is 6.07 Å². The first-order valence-electron chi connectivity index (χ1n) is 9.96. The van der Waals surface area contributed by atoms with Gasteiger partial charge in [0.25, 0.3) is 0 Å². The van der Waals surface area contributed by atoms with Gasteiger partial charge in [0.05, 0.1) is 24.1 Å². The SMILES string of the molecule is O=C(NCCOC(=O)Cc1cccs1)NC1CCc2c(ccc(C(F)(F)F)c2C(F)(F)F)C1. The Hall–Kier alpha value is -2.76. The van der Waals surface area contributed by atoms with E-state index in [9.17, 15) is 35.9 Å².